The number of hydrogen-bond donors (Lipinski definition) is 1. The summed E-state index contributed by atoms with van der Waals surface area (Å²) in [7, 11) is 0. The quantitative estimate of drug-likeness (QED) is 0.220. The highest BCUT2D eigenvalue weighted by molar-refractivity contribution is 5.85. The van der Waals surface area contributed by atoms with E-state index in [-0.39, 0.29) is 6.10 Å². The van der Waals surface area contributed by atoms with Gasteiger partial charge in [-0.1, -0.05) is 74.7 Å². The molecule has 150 valence electrons. The summed E-state index contributed by atoms with van der Waals surface area (Å²) in [4.78, 5) is 24.6. The summed E-state index contributed by atoms with van der Waals surface area (Å²) in [5.41, 5.74) is 3.09. The maximum atomic E-state index is 10.4. The van der Waals surface area contributed by atoms with Gasteiger partial charge >= 0.3 is 5.97 Å². The molecule has 0 aliphatic rings. The average Bonchev–Trinajstić information content (AvgIpc) is 2.71. The first kappa shape index (κ1) is 23.1. The van der Waals surface area contributed by atoms with Crippen molar-refractivity contribution in [3.05, 3.63) is 71.1 Å². The van der Waals surface area contributed by atoms with Crippen molar-refractivity contribution in [2.75, 3.05) is 0 Å². The molecule has 1 N–H and O–H groups in total. The van der Waals surface area contributed by atoms with Crippen LogP contribution in [0.4, 0.5) is 0 Å². The second-order valence-corrected chi connectivity index (χ2v) is 6.50. The van der Waals surface area contributed by atoms with E-state index in [2.05, 4.69) is 17.1 Å². The van der Waals surface area contributed by atoms with Gasteiger partial charge in [-0.2, -0.15) is 0 Å². The highest BCUT2D eigenvalue weighted by Gasteiger charge is 2.01. The highest BCUT2D eigenvalue weighted by atomic mass is 16.7. The topological polar surface area (TPSA) is 76.0 Å². The number of hydrogen-bond acceptors (Lipinski definition) is 4. The van der Waals surface area contributed by atoms with E-state index in [0.717, 1.165) is 35.6 Å². The summed E-state index contributed by atoms with van der Waals surface area (Å²) in [6, 6.07) is 17.8. The maximum absolute atomic E-state index is 10.4. The highest BCUT2D eigenvalue weighted by Crippen LogP contribution is 2.20. The first-order chi connectivity index (χ1) is 13.6. The van der Waals surface area contributed by atoms with Crippen molar-refractivity contribution < 1.29 is 14.7 Å². The van der Waals surface area contributed by atoms with E-state index >= 15 is 0 Å². The SMILES string of the molecule is CCCCCCC(C)ON=O.O=C(O)C=Cc1cccc(-c2ccccc2)c1. The monoisotopic (exact) mass is 383 g/mol. The van der Waals surface area contributed by atoms with E-state index in [4.69, 9.17) is 5.11 Å². The third-order valence-corrected chi connectivity index (χ3v) is 4.10. The minimum absolute atomic E-state index is 0.00986. The van der Waals surface area contributed by atoms with Crippen LogP contribution in [0.15, 0.2) is 66.0 Å². The molecule has 0 spiro atoms. The van der Waals surface area contributed by atoms with Gasteiger partial charge in [0.05, 0.1) is 0 Å². The second kappa shape index (κ2) is 14.2. The number of aliphatic carboxylic acids is 1. The molecule has 0 heterocycles. The molecule has 0 fully saturated rings. The van der Waals surface area contributed by atoms with Crippen LogP contribution >= 0.6 is 0 Å². The fraction of sp³-hybridized carbons (Fsp3) is 0.348. The maximum Gasteiger partial charge on any atom is 0.328 e. The molecule has 5 nitrogen and oxygen atoms in total. The Morgan fingerprint density at radius 1 is 1.07 bits per heavy atom. The molecule has 2 rings (SSSR count). The number of carbonyl (C=O) groups is 1. The third-order valence-electron chi connectivity index (χ3n) is 4.10. The van der Waals surface area contributed by atoms with E-state index in [9.17, 15) is 9.70 Å². The molecule has 2 aromatic rings. The van der Waals surface area contributed by atoms with Crippen molar-refractivity contribution in [2.45, 2.75) is 52.1 Å². The Morgan fingerprint density at radius 3 is 2.43 bits per heavy atom. The van der Waals surface area contributed by atoms with Crippen LogP contribution in [0.2, 0.25) is 0 Å². The fourth-order valence-corrected chi connectivity index (χ4v) is 2.60. The summed E-state index contributed by atoms with van der Waals surface area (Å²) in [5, 5.41) is 11.0. The smallest absolute Gasteiger partial charge is 0.328 e. The van der Waals surface area contributed by atoms with Crippen LogP contribution < -0.4 is 0 Å². The summed E-state index contributed by atoms with van der Waals surface area (Å²) >= 11 is 0. The molecule has 2 aromatic carbocycles. The molecule has 0 bridgehead atoms. The Kier molecular flexibility index (Phi) is 11.7. The fourth-order valence-electron chi connectivity index (χ4n) is 2.60. The molecule has 28 heavy (non-hydrogen) atoms. The molecule has 0 amide bonds. The minimum Gasteiger partial charge on any atom is -0.478 e. The van der Waals surface area contributed by atoms with Crippen LogP contribution in [0.1, 0.15) is 51.5 Å². The normalized spacial score (nSPS) is 11.4. The van der Waals surface area contributed by atoms with E-state index < -0.39 is 5.97 Å². The summed E-state index contributed by atoms with van der Waals surface area (Å²) in [6.07, 6.45) is 8.52. The Bertz CT molecular complexity index is 728. The zero-order chi connectivity index (χ0) is 20.6. The van der Waals surface area contributed by atoms with Crippen LogP contribution in [0, 0.1) is 4.91 Å². The molecule has 0 radical (unpaired) electrons. The predicted molar refractivity (Wildman–Crippen MR) is 114 cm³/mol. The lowest BCUT2D eigenvalue weighted by Crippen LogP contribution is -2.02. The van der Waals surface area contributed by atoms with Gasteiger partial charge in [0.1, 0.15) is 6.10 Å². The molecule has 1 unspecified atom stereocenters. The van der Waals surface area contributed by atoms with Crippen molar-refractivity contribution in [2.24, 2.45) is 5.34 Å². The number of rotatable bonds is 10. The van der Waals surface area contributed by atoms with Gasteiger partial charge in [-0.3, -0.25) is 0 Å². The standard InChI is InChI=1S/C15H12O2.C8H17NO2/c16-15(17)10-9-12-5-4-8-14(11-12)13-6-2-1-3-7-13;1-3-4-5-6-7-8(2)11-9-10/h1-11H,(H,16,17);8H,3-7H2,1-2H3. The van der Waals surface area contributed by atoms with Gasteiger partial charge in [-0.15, -0.1) is 4.91 Å². The molecular formula is C23H29NO4. The van der Waals surface area contributed by atoms with Crippen molar-refractivity contribution >= 4 is 12.0 Å². The van der Waals surface area contributed by atoms with Crippen molar-refractivity contribution in [3.8, 4) is 11.1 Å². The Hall–Kier alpha value is -2.95. The van der Waals surface area contributed by atoms with Crippen LogP contribution in [0.5, 0.6) is 0 Å². The molecule has 0 saturated carbocycles. The van der Waals surface area contributed by atoms with Gasteiger partial charge in [-0.05, 0) is 48.6 Å². The van der Waals surface area contributed by atoms with Gasteiger partial charge in [0.2, 0.25) is 0 Å². The molecule has 1 atom stereocenters. The molecule has 0 aliphatic heterocycles. The number of benzene rings is 2. The molecule has 0 aliphatic carbocycles. The van der Waals surface area contributed by atoms with Crippen molar-refractivity contribution in [1.29, 1.82) is 0 Å². The molecule has 0 saturated heterocycles. The molecule has 0 aromatic heterocycles. The van der Waals surface area contributed by atoms with E-state index in [0.29, 0.717) is 0 Å². The first-order valence-corrected chi connectivity index (χ1v) is 9.61. The van der Waals surface area contributed by atoms with Crippen LogP contribution in [0.3, 0.4) is 0 Å². The van der Waals surface area contributed by atoms with Crippen molar-refractivity contribution in [1.82, 2.24) is 0 Å². The van der Waals surface area contributed by atoms with Crippen LogP contribution in [-0.2, 0) is 9.63 Å². The summed E-state index contributed by atoms with van der Waals surface area (Å²) in [6.45, 7) is 4.04. The van der Waals surface area contributed by atoms with Gasteiger partial charge in [0, 0.05) is 6.08 Å². The molecular weight excluding hydrogens is 354 g/mol. The molecule has 5 heteroatoms. The zero-order valence-corrected chi connectivity index (χ0v) is 16.6. The summed E-state index contributed by atoms with van der Waals surface area (Å²) in [5.74, 6) is -0.935. The van der Waals surface area contributed by atoms with Crippen LogP contribution in [0.25, 0.3) is 17.2 Å². The van der Waals surface area contributed by atoms with Crippen LogP contribution in [-0.4, -0.2) is 17.2 Å². The zero-order valence-electron chi connectivity index (χ0n) is 16.6. The largest absolute Gasteiger partial charge is 0.478 e. The van der Waals surface area contributed by atoms with Gasteiger partial charge in [0.15, 0.2) is 5.34 Å². The summed E-state index contributed by atoms with van der Waals surface area (Å²) < 4.78 is 0. The lowest BCUT2D eigenvalue weighted by Gasteiger charge is -2.05. The first-order valence-electron chi connectivity index (χ1n) is 9.61. The lowest BCUT2D eigenvalue weighted by atomic mass is 10.0. The van der Waals surface area contributed by atoms with Crippen molar-refractivity contribution in [3.63, 3.8) is 0 Å². The van der Waals surface area contributed by atoms with E-state index in [1.54, 1.807) is 6.08 Å². The number of unbranched alkanes of at least 4 members (excludes halogenated alkanes) is 3. The van der Waals surface area contributed by atoms with E-state index in [1.807, 2.05) is 61.5 Å². The number of carboxylic acids is 1. The lowest BCUT2D eigenvalue weighted by molar-refractivity contribution is -0.131. The van der Waals surface area contributed by atoms with Gasteiger partial charge in [0.25, 0.3) is 0 Å². The number of nitrogens with zero attached hydrogens (tertiary/aromatic N) is 1. The van der Waals surface area contributed by atoms with E-state index in [1.165, 1.54) is 19.3 Å². The number of carboxylic acid groups (broad SMARTS) is 1. The average molecular weight is 383 g/mol. The Morgan fingerprint density at radius 2 is 1.79 bits per heavy atom. The Balaban J connectivity index is 0.000000311. The predicted octanol–water partition coefficient (Wildman–Crippen LogP) is 6.49. The minimum atomic E-state index is -0.935. The van der Waals surface area contributed by atoms with Gasteiger partial charge in [-0.25, -0.2) is 4.79 Å². The second-order valence-electron chi connectivity index (χ2n) is 6.50. The third kappa shape index (κ3) is 10.3. The Labute approximate surface area is 167 Å². The van der Waals surface area contributed by atoms with Gasteiger partial charge < -0.3 is 9.94 Å².